The van der Waals surface area contributed by atoms with Gasteiger partial charge in [0.1, 0.15) is 5.41 Å². The molecular formula is C21H23NO4S. The van der Waals surface area contributed by atoms with Gasteiger partial charge in [-0.15, -0.1) is 11.3 Å². The van der Waals surface area contributed by atoms with Crippen molar-refractivity contribution in [3.8, 4) is 10.4 Å². The Morgan fingerprint density at radius 1 is 1.26 bits per heavy atom. The molecule has 1 aliphatic heterocycles. The normalized spacial score (nSPS) is 21.4. The summed E-state index contributed by atoms with van der Waals surface area (Å²) < 4.78 is 5.17. The van der Waals surface area contributed by atoms with Gasteiger partial charge in [0.2, 0.25) is 0 Å². The monoisotopic (exact) mass is 385 g/mol. The zero-order valence-corrected chi connectivity index (χ0v) is 16.2. The number of carbonyl (C=O) groups excluding carboxylic acids is 1. The Hall–Kier alpha value is -2.18. The van der Waals surface area contributed by atoms with Crippen LogP contribution >= 0.6 is 11.3 Å². The Kier molecular flexibility index (Phi) is 4.78. The number of rotatable bonds is 4. The Morgan fingerprint density at radius 2 is 2.04 bits per heavy atom. The predicted molar refractivity (Wildman–Crippen MR) is 104 cm³/mol. The van der Waals surface area contributed by atoms with E-state index in [0.717, 1.165) is 12.8 Å². The molecule has 2 aliphatic rings. The fourth-order valence-electron chi connectivity index (χ4n) is 4.27. The van der Waals surface area contributed by atoms with E-state index in [9.17, 15) is 14.7 Å². The molecule has 1 unspecified atom stereocenters. The third-order valence-corrected chi connectivity index (χ3v) is 6.88. The minimum atomic E-state index is -1.01. The van der Waals surface area contributed by atoms with Crippen molar-refractivity contribution in [1.29, 1.82) is 0 Å². The zero-order valence-electron chi connectivity index (χ0n) is 15.4. The largest absolute Gasteiger partial charge is 0.481 e. The molecule has 0 radical (unpaired) electrons. The first-order valence-electron chi connectivity index (χ1n) is 9.27. The molecule has 27 heavy (non-hydrogen) atoms. The van der Waals surface area contributed by atoms with Crippen LogP contribution in [-0.4, -0.2) is 48.7 Å². The number of aliphatic carboxylic acids is 1. The number of methoxy groups -OCH3 is 1. The molecule has 0 saturated carbocycles. The fraction of sp³-hybridized carbons (Fsp3) is 0.429. The van der Waals surface area contributed by atoms with E-state index in [2.05, 4.69) is 18.2 Å². The number of likely N-dealkylation sites (tertiary alicyclic amines) is 1. The number of carbonyl (C=O) groups is 2. The van der Waals surface area contributed by atoms with Crippen molar-refractivity contribution < 1.29 is 19.4 Å². The summed E-state index contributed by atoms with van der Waals surface area (Å²) >= 11 is 1.53. The van der Waals surface area contributed by atoms with Gasteiger partial charge in [-0.2, -0.15) is 0 Å². The van der Waals surface area contributed by atoms with Crippen molar-refractivity contribution in [1.82, 2.24) is 4.90 Å². The summed E-state index contributed by atoms with van der Waals surface area (Å²) in [6.07, 6.45) is 3.15. The van der Waals surface area contributed by atoms with E-state index in [4.69, 9.17) is 4.74 Å². The second-order valence-corrected chi connectivity index (χ2v) is 8.52. The standard InChI is InChI=1S/C21H23NO4S/c1-26-13-21(20(24)25)9-4-10-22(12-21)19(23)17-11-15-8-7-14-5-2-3-6-16(14)18(15)27-17/h2-3,5-6,11H,4,7-10,12-13H2,1H3,(H,24,25). The van der Waals surface area contributed by atoms with E-state index in [0.29, 0.717) is 24.3 Å². The summed E-state index contributed by atoms with van der Waals surface area (Å²) in [4.78, 5) is 28.6. The summed E-state index contributed by atoms with van der Waals surface area (Å²) in [6.45, 7) is 0.922. The molecule has 5 nitrogen and oxygen atoms in total. The molecule has 142 valence electrons. The van der Waals surface area contributed by atoms with E-state index in [1.807, 2.05) is 12.1 Å². The number of fused-ring (bicyclic) bond motifs is 3. The van der Waals surface area contributed by atoms with Crippen LogP contribution in [0, 0.1) is 5.41 Å². The number of thiophene rings is 1. The number of piperidine rings is 1. The van der Waals surface area contributed by atoms with Crippen LogP contribution in [0.15, 0.2) is 30.3 Å². The highest BCUT2D eigenvalue weighted by Gasteiger charge is 2.44. The van der Waals surface area contributed by atoms with Gasteiger partial charge in [-0.05, 0) is 48.4 Å². The predicted octanol–water partition coefficient (Wildman–Crippen LogP) is 3.47. The lowest BCUT2D eigenvalue weighted by Gasteiger charge is -2.39. The number of hydrogen-bond donors (Lipinski definition) is 1. The average Bonchev–Trinajstić information content (AvgIpc) is 3.12. The quantitative estimate of drug-likeness (QED) is 0.875. The maximum atomic E-state index is 13.1. The lowest BCUT2D eigenvalue weighted by atomic mass is 9.80. The van der Waals surface area contributed by atoms with Crippen LogP contribution in [0.2, 0.25) is 0 Å². The fourth-order valence-corrected chi connectivity index (χ4v) is 5.51. The summed E-state index contributed by atoms with van der Waals surface area (Å²) in [7, 11) is 1.51. The van der Waals surface area contributed by atoms with Gasteiger partial charge in [-0.1, -0.05) is 24.3 Å². The number of carboxylic acid groups (broad SMARTS) is 1. The van der Waals surface area contributed by atoms with E-state index >= 15 is 0 Å². The number of amides is 1. The summed E-state index contributed by atoms with van der Waals surface area (Å²) in [6, 6.07) is 10.4. The van der Waals surface area contributed by atoms with Crippen molar-refractivity contribution in [3.05, 3.63) is 46.3 Å². The van der Waals surface area contributed by atoms with Gasteiger partial charge in [0.25, 0.3) is 5.91 Å². The Balaban J connectivity index is 1.61. The summed E-state index contributed by atoms with van der Waals surface area (Å²) in [5.74, 6) is -0.949. The number of ether oxygens (including phenoxy) is 1. The van der Waals surface area contributed by atoms with Crippen molar-refractivity contribution in [2.45, 2.75) is 25.7 Å². The minimum absolute atomic E-state index is 0.0618. The number of hydrogen-bond acceptors (Lipinski definition) is 4. The highest BCUT2D eigenvalue weighted by molar-refractivity contribution is 7.17. The van der Waals surface area contributed by atoms with E-state index < -0.39 is 11.4 Å². The number of benzene rings is 1. The van der Waals surface area contributed by atoms with Gasteiger partial charge in [0.05, 0.1) is 11.5 Å². The zero-order chi connectivity index (χ0) is 19.0. The maximum Gasteiger partial charge on any atom is 0.313 e. The highest BCUT2D eigenvalue weighted by Crippen LogP contribution is 2.40. The van der Waals surface area contributed by atoms with Gasteiger partial charge >= 0.3 is 5.97 Å². The topological polar surface area (TPSA) is 66.8 Å². The first kappa shape index (κ1) is 18.2. The van der Waals surface area contributed by atoms with Gasteiger partial charge in [0, 0.05) is 25.1 Å². The van der Waals surface area contributed by atoms with Gasteiger partial charge in [-0.25, -0.2) is 0 Å². The molecule has 1 atom stereocenters. The van der Waals surface area contributed by atoms with Crippen LogP contribution < -0.4 is 0 Å². The van der Waals surface area contributed by atoms with Gasteiger partial charge in [-0.3, -0.25) is 9.59 Å². The molecule has 6 heteroatoms. The van der Waals surface area contributed by atoms with Crippen LogP contribution in [0.3, 0.4) is 0 Å². The Morgan fingerprint density at radius 3 is 2.81 bits per heavy atom. The van der Waals surface area contributed by atoms with Crippen molar-refractivity contribution in [2.24, 2.45) is 5.41 Å². The lowest BCUT2D eigenvalue weighted by Crippen LogP contribution is -2.52. The van der Waals surface area contributed by atoms with Crippen LogP contribution in [0.4, 0.5) is 0 Å². The second kappa shape index (κ2) is 7.09. The smallest absolute Gasteiger partial charge is 0.313 e. The molecule has 4 rings (SSSR count). The molecule has 2 aromatic rings. The SMILES string of the molecule is COCC1(C(=O)O)CCCN(C(=O)c2cc3c(s2)-c2ccccc2CC3)C1. The molecule has 0 bridgehead atoms. The first-order valence-corrected chi connectivity index (χ1v) is 10.1. The Bertz CT molecular complexity index is 886. The van der Waals surface area contributed by atoms with Gasteiger partial charge < -0.3 is 14.7 Å². The third kappa shape index (κ3) is 3.17. The van der Waals surface area contributed by atoms with E-state index in [-0.39, 0.29) is 19.1 Å². The molecule has 1 aromatic heterocycles. The number of nitrogens with zero attached hydrogens (tertiary/aromatic N) is 1. The number of carboxylic acids is 1. The molecule has 0 spiro atoms. The molecule has 2 heterocycles. The van der Waals surface area contributed by atoms with Crippen LogP contribution in [0.5, 0.6) is 0 Å². The second-order valence-electron chi connectivity index (χ2n) is 7.47. The maximum absolute atomic E-state index is 13.1. The summed E-state index contributed by atoms with van der Waals surface area (Å²) in [5.41, 5.74) is 2.77. The van der Waals surface area contributed by atoms with E-state index in [1.165, 1.54) is 40.0 Å². The van der Waals surface area contributed by atoms with Gasteiger partial charge in [0.15, 0.2) is 0 Å². The Labute approximate surface area is 162 Å². The summed E-state index contributed by atoms with van der Waals surface area (Å²) in [5, 5.41) is 9.72. The molecule has 1 N–H and O–H groups in total. The van der Waals surface area contributed by atoms with Crippen molar-refractivity contribution in [2.75, 3.05) is 26.8 Å². The molecule has 1 amide bonds. The highest BCUT2D eigenvalue weighted by atomic mass is 32.1. The van der Waals surface area contributed by atoms with Crippen LogP contribution in [0.25, 0.3) is 10.4 Å². The third-order valence-electron chi connectivity index (χ3n) is 5.68. The van der Waals surface area contributed by atoms with Crippen LogP contribution in [-0.2, 0) is 22.4 Å². The first-order chi connectivity index (χ1) is 13.0. The molecule has 1 fully saturated rings. The molecular weight excluding hydrogens is 362 g/mol. The molecule has 1 aromatic carbocycles. The van der Waals surface area contributed by atoms with Crippen molar-refractivity contribution in [3.63, 3.8) is 0 Å². The molecule has 1 aliphatic carbocycles. The average molecular weight is 385 g/mol. The molecule has 1 saturated heterocycles. The van der Waals surface area contributed by atoms with Crippen molar-refractivity contribution >= 4 is 23.2 Å². The lowest BCUT2D eigenvalue weighted by molar-refractivity contribution is -0.155. The minimum Gasteiger partial charge on any atom is -0.481 e. The number of aryl methyl sites for hydroxylation is 2. The van der Waals surface area contributed by atoms with E-state index in [1.54, 1.807) is 4.90 Å². The van der Waals surface area contributed by atoms with Crippen LogP contribution in [0.1, 0.15) is 33.6 Å².